The fraction of sp³-hybridized carbons (Fsp3) is 0.364. The Kier molecular flexibility index (Phi) is 5.66. The molecule has 0 aliphatic carbocycles. The van der Waals surface area contributed by atoms with Gasteiger partial charge in [0.25, 0.3) is 0 Å². The average molecular weight is 324 g/mol. The highest BCUT2D eigenvalue weighted by Crippen LogP contribution is 2.22. The number of benzene rings is 1. The molecule has 1 atom stereocenters. The number of halogens is 1. The number of carbonyl (C=O) groups is 1. The molecule has 0 aliphatic rings. The molecule has 0 radical (unpaired) electrons. The van der Waals surface area contributed by atoms with E-state index in [1.54, 1.807) is 0 Å². The van der Waals surface area contributed by atoms with E-state index in [0.29, 0.717) is 0 Å². The first kappa shape index (κ1) is 16.3. The Hall–Kier alpha value is -0.760. The van der Waals surface area contributed by atoms with Crippen molar-refractivity contribution in [2.45, 2.75) is 17.1 Å². The van der Waals surface area contributed by atoms with E-state index >= 15 is 0 Å². The second-order valence-electron chi connectivity index (χ2n) is 3.85. The lowest BCUT2D eigenvalue weighted by atomic mass is 10.2. The van der Waals surface area contributed by atoms with Gasteiger partial charge >= 0.3 is 5.97 Å². The molecular weight excluding hydrogens is 310 g/mol. The third-order valence-electron chi connectivity index (χ3n) is 2.43. The molecule has 2 N–H and O–H groups in total. The Bertz CT molecular complexity index is 574. The monoisotopic (exact) mass is 323 g/mol. The zero-order chi connectivity index (χ0) is 14.6. The number of sulfonamides is 1. The number of carboxylic acid groups (broad SMARTS) is 1. The van der Waals surface area contributed by atoms with Crippen LogP contribution in [0.25, 0.3) is 0 Å². The maximum Gasteiger partial charge on any atom is 0.335 e. The molecule has 0 amide bonds. The third-order valence-corrected chi connectivity index (χ3v) is 5.31. The van der Waals surface area contributed by atoms with Crippen LogP contribution in [0.15, 0.2) is 23.1 Å². The van der Waals surface area contributed by atoms with Crippen molar-refractivity contribution in [3.05, 3.63) is 28.8 Å². The number of aromatic carboxylic acids is 1. The SMILES string of the molecule is CSC(C)CNS(=O)(=O)c1cc(C(=O)O)ccc1Cl. The Morgan fingerprint density at radius 1 is 1.53 bits per heavy atom. The molecule has 0 saturated carbocycles. The van der Waals surface area contributed by atoms with E-state index in [-0.39, 0.29) is 27.3 Å². The van der Waals surface area contributed by atoms with Gasteiger partial charge in [0.05, 0.1) is 10.6 Å². The van der Waals surface area contributed by atoms with Gasteiger partial charge in [0.15, 0.2) is 0 Å². The van der Waals surface area contributed by atoms with Crippen LogP contribution in [0.5, 0.6) is 0 Å². The second kappa shape index (κ2) is 6.60. The molecule has 0 spiro atoms. The predicted octanol–water partition coefficient (Wildman–Crippen LogP) is 2.07. The molecule has 0 aromatic heterocycles. The van der Waals surface area contributed by atoms with Crippen molar-refractivity contribution in [2.24, 2.45) is 0 Å². The van der Waals surface area contributed by atoms with E-state index in [2.05, 4.69) is 4.72 Å². The van der Waals surface area contributed by atoms with Crippen LogP contribution >= 0.6 is 23.4 Å². The summed E-state index contributed by atoms with van der Waals surface area (Å²) in [6.45, 7) is 2.12. The molecule has 8 heteroatoms. The first-order valence-electron chi connectivity index (χ1n) is 5.33. The van der Waals surface area contributed by atoms with Crippen LogP contribution < -0.4 is 4.72 Å². The molecule has 5 nitrogen and oxygen atoms in total. The van der Waals surface area contributed by atoms with E-state index in [0.717, 1.165) is 6.07 Å². The van der Waals surface area contributed by atoms with Gasteiger partial charge in [-0.3, -0.25) is 0 Å². The van der Waals surface area contributed by atoms with Crippen LogP contribution in [0, 0.1) is 0 Å². The summed E-state index contributed by atoms with van der Waals surface area (Å²) in [5, 5.41) is 8.96. The highest BCUT2D eigenvalue weighted by atomic mass is 35.5. The van der Waals surface area contributed by atoms with Crippen molar-refractivity contribution in [1.82, 2.24) is 4.72 Å². The summed E-state index contributed by atoms with van der Waals surface area (Å²) < 4.78 is 26.5. The van der Waals surface area contributed by atoms with E-state index < -0.39 is 16.0 Å². The lowest BCUT2D eigenvalue weighted by molar-refractivity contribution is 0.0696. The van der Waals surface area contributed by atoms with E-state index in [9.17, 15) is 13.2 Å². The lowest BCUT2D eigenvalue weighted by Crippen LogP contribution is -2.29. The van der Waals surface area contributed by atoms with Crippen LogP contribution in [0.2, 0.25) is 5.02 Å². The summed E-state index contributed by atoms with van der Waals surface area (Å²) in [7, 11) is -3.81. The molecule has 0 bridgehead atoms. The maximum absolute atomic E-state index is 12.1. The number of thioether (sulfide) groups is 1. The average Bonchev–Trinajstić information content (AvgIpc) is 2.36. The highest BCUT2D eigenvalue weighted by molar-refractivity contribution is 7.99. The first-order chi connectivity index (χ1) is 8.77. The van der Waals surface area contributed by atoms with Crippen LogP contribution in [-0.2, 0) is 10.0 Å². The van der Waals surface area contributed by atoms with Crippen molar-refractivity contribution >= 4 is 39.4 Å². The van der Waals surface area contributed by atoms with Crippen LogP contribution in [0.3, 0.4) is 0 Å². The summed E-state index contributed by atoms with van der Waals surface area (Å²) in [4.78, 5) is 10.6. The fourth-order valence-corrected chi connectivity index (χ4v) is 3.24. The number of nitrogens with one attached hydrogen (secondary N) is 1. The quantitative estimate of drug-likeness (QED) is 0.837. The standard InChI is InChI=1S/C11H14ClNO4S2/c1-7(18-2)6-13-19(16,17)10-5-8(11(14)15)3-4-9(10)12/h3-5,7,13H,6H2,1-2H3,(H,14,15). The van der Waals surface area contributed by atoms with Crippen molar-refractivity contribution in [3.8, 4) is 0 Å². The summed E-state index contributed by atoms with van der Waals surface area (Å²) in [6.07, 6.45) is 1.87. The molecule has 19 heavy (non-hydrogen) atoms. The Balaban J connectivity index is 3.06. The molecule has 0 heterocycles. The molecule has 1 rings (SSSR count). The molecule has 106 valence electrons. The fourth-order valence-electron chi connectivity index (χ4n) is 1.23. The van der Waals surface area contributed by atoms with E-state index in [1.807, 2.05) is 13.2 Å². The molecule has 0 fully saturated rings. The molecule has 0 saturated heterocycles. The molecule has 1 aromatic carbocycles. The molecule has 1 aromatic rings. The second-order valence-corrected chi connectivity index (χ2v) is 7.27. The minimum absolute atomic E-state index is 0.00527. The number of rotatable bonds is 6. The zero-order valence-electron chi connectivity index (χ0n) is 10.4. The first-order valence-corrected chi connectivity index (χ1v) is 8.48. The van der Waals surface area contributed by atoms with Gasteiger partial charge in [0.2, 0.25) is 10.0 Å². The van der Waals surface area contributed by atoms with Crippen molar-refractivity contribution in [1.29, 1.82) is 0 Å². The topological polar surface area (TPSA) is 83.5 Å². The molecule has 0 aliphatic heterocycles. The molecule has 1 unspecified atom stereocenters. The van der Waals surface area contributed by atoms with Crippen molar-refractivity contribution in [2.75, 3.05) is 12.8 Å². The minimum Gasteiger partial charge on any atom is -0.478 e. The predicted molar refractivity (Wildman–Crippen MR) is 76.6 cm³/mol. The molecular formula is C11H14ClNO4S2. The van der Waals surface area contributed by atoms with Gasteiger partial charge in [-0.25, -0.2) is 17.9 Å². The van der Waals surface area contributed by atoms with Gasteiger partial charge in [0.1, 0.15) is 4.90 Å². The lowest BCUT2D eigenvalue weighted by Gasteiger charge is -2.12. The number of carboxylic acids is 1. The third kappa shape index (κ3) is 4.38. The van der Waals surface area contributed by atoms with Crippen LogP contribution in [-0.4, -0.2) is 37.5 Å². The van der Waals surface area contributed by atoms with Gasteiger partial charge in [-0.05, 0) is 24.5 Å². The zero-order valence-corrected chi connectivity index (χ0v) is 12.8. The normalized spacial score (nSPS) is 13.2. The van der Waals surface area contributed by atoms with Crippen LogP contribution in [0.4, 0.5) is 0 Å². The van der Waals surface area contributed by atoms with Gasteiger partial charge in [-0.15, -0.1) is 0 Å². The summed E-state index contributed by atoms with van der Waals surface area (Å²) >= 11 is 7.34. The largest absolute Gasteiger partial charge is 0.478 e. The Morgan fingerprint density at radius 2 is 2.16 bits per heavy atom. The number of hydrogen-bond acceptors (Lipinski definition) is 4. The highest BCUT2D eigenvalue weighted by Gasteiger charge is 2.20. The Morgan fingerprint density at radius 3 is 2.68 bits per heavy atom. The number of hydrogen-bond donors (Lipinski definition) is 2. The minimum atomic E-state index is -3.81. The van der Waals surface area contributed by atoms with Gasteiger partial charge < -0.3 is 5.11 Å². The maximum atomic E-state index is 12.1. The van der Waals surface area contributed by atoms with Crippen LogP contribution in [0.1, 0.15) is 17.3 Å². The van der Waals surface area contributed by atoms with E-state index in [1.165, 1.54) is 23.9 Å². The van der Waals surface area contributed by atoms with Gasteiger partial charge in [0, 0.05) is 11.8 Å². The smallest absolute Gasteiger partial charge is 0.335 e. The van der Waals surface area contributed by atoms with Crippen molar-refractivity contribution < 1.29 is 18.3 Å². The summed E-state index contributed by atoms with van der Waals surface area (Å²) in [6, 6.07) is 3.57. The van der Waals surface area contributed by atoms with Gasteiger partial charge in [-0.1, -0.05) is 18.5 Å². The van der Waals surface area contributed by atoms with Gasteiger partial charge in [-0.2, -0.15) is 11.8 Å². The van der Waals surface area contributed by atoms with E-state index in [4.69, 9.17) is 16.7 Å². The summed E-state index contributed by atoms with van der Waals surface area (Å²) in [5.74, 6) is -1.20. The Labute approximate surface area is 121 Å². The van der Waals surface area contributed by atoms with Crippen molar-refractivity contribution in [3.63, 3.8) is 0 Å². The summed E-state index contributed by atoms with van der Waals surface area (Å²) in [5.41, 5.74) is -0.123.